The van der Waals surface area contributed by atoms with E-state index in [-0.39, 0.29) is 12.1 Å². The first-order valence-electron chi connectivity index (χ1n) is 5.54. The van der Waals surface area contributed by atoms with Crippen LogP contribution < -0.4 is 0 Å². The first kappa shape index (κ1) is 12.3. The quantitative estimate of drug-likeness (QED) is 0.665. The average molecular weight is 247 g/mol. The number of aliphatic hydroxyl groups excluding tert-OH is 1. The van der Waals surface area contributed by atoms with Crippen LogP contribution in [0.2, 0.25) is 0 Å². The van der Waals surface area contributed by atoms with E-state index in [1.54, 1.807) is 37.3 Å². The highest BCUT2D eigenvalue weighted by Gasteiger charge is 2.18. The molecule has 0 spiro atoms. The fraction of sp³-hybridized carbons (Fsp3) is 0.231. The maximum Gasteiger partial charge on any atom is 0.272 e. The van der Waals surface area contributed by atoms with Gasteiger partial charge in [0.1, 0.15) is 17.6 Å². The van der Waals surface area contributed by atoms with E-state index in [0.29, 0.717) is 17.1 Å². The number of para-hydroxylation sites is 1. The van der Waals surface area contributed by atoms with Crippen LogP contribution in [0.25, 0.3) is 0 Å². The van der Waals surface area contributed by atoms with E-state index in [0.717, 1.165) is 0 Å². The molecule has 1 unspecified atom stereocenters. The molecule has 1 N–H and O–H groups in total. The molecular weight excluding hydrogens is 234 g/mol. The Hall–Kier alpha value is -2.14. The molecule has 94 valence electrons. The smallest absolute Gasteiger partial charge is 0.272 e. The average Bonchev–Trinajstić information content (AvgIpc) is 2.76. The lowest BCUT2D eigenvalue weighted by Crippen LogP contribution is -2.03. The largest absolute Gasteiger partial charge is 0.464 e. The standard InChI is InChI=1S/C13H13NO4/c1-9-6-7-13(18-9)12(15)8-10-4-2-3-5-11(10)14(16)17/h2-7,12,15H,8H2,1H3. The molecule has 1 aromatic carbocycles. The van der Waals surface area contributed by atoms with Gasteiger partial charge in [0.05, 0.1) is 4.92 Å². The molecule has 0 aliphatic heterocycles. The fourth-order valence-electron chi connectivity index (χ4n) is 1.80. The summed E-state index contributed by atoms with van der Waals surface area (Å²) in [5.74, 6) is 1.12. The van der Waals surface area contributed by atoms with Gasteiger partial charge >= 0.3 is 0 Å². The number of nitrogens with zero attached hydrogens (tertiary/aromatic N) is 1. The molecule has 5 nitrogen and oxygen atoms in total. The molecule has 18 heavy (non-hydrogen) atoms. The predicted octanol–water partition coefficient (Wildman–Crippen LogP) is 2.77. The van der Waals surface area contributed by atoms with E-state index in [4.69, 9.17) is 4.42 Å². The summed E-state index contributed by atoms with van der Waals surface area (Å²) in [6.07, 6.45) is -0.718. The number of nitro benzene ring substituents is 1. The second-order valence-electron chi connectivity index (χ2n) is 4.05. The van der Waals surface area contributed by atoms with Gasteiger partial charge in [0.25, 0.3) is 5.69 Å². The molecule has 1 heterocycles. The van der Waals surface area contributed by atoms with Crippen molar-refractivity contribution in [1.82, 2.24) is 0 Å². The van der Waals surface area contributed by atoms with Crippen LogP contribution in [0.1, 0.15) is 23.2 Å². The SMILES string of the molecule is Cc1ccc(C(O)Cc2ccccc2[N+](=O)[O-])o1. The number of hydrogen-bond acceptors (Lipinski definition) is 4. The summed E-state index contributed by atoms with van der Waals surface area (Å²) in [5.41, 5.74) is 0.504. The van der Waals surface area contributed by atoms with Crippen LogP contribution in [0.5, 0.6) is 0 Å². The van der Waals surface area contributed by atoms with Gasteiger partial charge in [0, 0.05) is 18.1 Å². The van der Waals surface area contributed by atoms with Crippen molar-refractivity contribution in [2.24, 2.45) is 0 Å². The Bertz CT molecular complexity index is 562. The molecular formula is C13H13NO4. The zero-order valence-corrected chi connectivity index (χ0v) is 9.87. The van der Waals surface area contributed by atoms with Crippen molar-refractivity contribution in [3.05, 3.63) is 63.6 Å². The van der Waals surface area contributed by atoms with Crippen molar-refractivity contribution in [3.8, 4) is 0 Å². The highest BCUT2D eigenvalue weighted by molar-refractivity contribution is 5.40. The number of nitro groups is 1. The summed E-state index contributed by atoms with van der Waals surface area (Å²) in [7, 11) is 0. The minimum absolute atomic E-state index is 0.0137. The van der Waals surface area contributed by atoms with Crippen molar-refractivity contribution in [1.29, 1.82) is 0 Å². The second-order valence-corrected chi connectivity index (χ2v) is 4.05. The van der Waals surface area contributed by atoms with Gasteiger partial charge in [-0.1, -0.05) is 18.2 Å². The Morgan fingerprint density at radius 1 is 1.33 bits per heavy atom. The Balaban J connectivity index is 2.21. The van der Waals surface area contributed by atoms with Gasteiger partial charge in [-0.15, -0.1) is 0 Å². The van der Waals surface area contributed by atoms with Gasteiger partial charge in [0.15, 0.2) is 0 Å². The number of aliphatic hydroxyl groups is 1. The van der Waals surface area contributed by atoms with Crippen molar-refractivity contribution in [2.45, 2.75) is 19.4 Å². The summed E-state index contributed by atoms with van der Waals surface area (Å²) in [4.78, 5) is 10.4. The van der Waals surface area contributed by atoms with Gasteiger partial charge in [-0.2, -0.15) is 0 Å². The lowest BCUT2D eigenvalue weighted by Gasteiger charge is -2.08. The molecule has 1 atom stereocenters. The summed E-state index contributed by atoms with van der Waals surface area (Å²) in [5, 5.41) is 20.8. The fourth-order valence-corrected chi connectivity index (χ4v) is 1.80. The lowest BCUT2D eigenvalue weighted by atomic mass is 10.0. The summed E-state index contributed by atoms with van der Waals surface area (Å²) < 4.78 is 5.30. The summed E-state index contributed by atoms with van der Waals surface area (Å²) in [6.45, 7) is 1.78. The topological polar surface area (TPSA) is 76.5 Å². The van der Waals surface area contributed by atoms with E-state index in [2.05, 4.69) is 0 Å². The number of rotatable bonds is 4. The maximum absolute atomic E-state index is 10.8. The molecule has 0 amide bonds. The van der Waals surface area contributed by atoms with Crippen molar-refractivity contribution < 1.29 is 14.4 Å². The third kappa shape index (κ3) is 2.57. The number of aryl methyl sites for hydroxylation is 1. The Labute approximate surface area is 104 Å². The van der Waals surface area contributed by atoms with Gasteiger partial charge in [0.2, 0.25) is 0 Å². The normalized spacial score (nSPS) is 12.3. The summed E-state index contributed by atoms with van der Waals surface area (Å²) in [6, 6.07) is 9.80. The van der Waals surface area contributed by atoms with Crippen LogP contribution in [0.3, 0.4) is 0 Å². The molecule has 2 rings (SSSR count). The predicted molar refractivity (Wildman–Crippen MR) is 65.2 cm³/mol. The molecule has 0 aliphatic carbocycles. The van der Waals surface area contributed by atoms with Crippen LogP contribution in [-0.2, 0) is 6.42 Å². The van der Waals surface area contributed by atoms with Crippen LogP contribution >= 0.6 is 0 Å². The van der Waals surface area contributed by atoms with Crippen LogP contribution in [0.4, 0.5) is 5.69 Å². The van der Waals surface area contributed by atoms with E-state index in [1.807, 2.05) is 0 Å². The third-order valence-corrected chi connectivity index (χ3v) is 2.69. The maximum atomic E-state index is 10.8. The van der Waals surface area contributed by atoms with Crippen LogP contribution in [0.15, 0.2) is 40.8 Å². The number of furan rings is 1. The molecule has 0 aliphatic rings. The minimum Gasteiger partial charge on any atom is -0.464 e. The molecule has 0 saturated carbocycles. The van der Waals surface area contributed by atoms with Gasteiger partial charge in [-0.3, -0.25) is 10.1 Å². The highest BCUT2D eigenvalue weighted by atomic mass is 16.6. The molecule has 0 bridgehead atoms. The molecule has 5 heteroatoms. The lowest BCUT2D eigenvalue weighted by molar-refractivity contribution is -0.385. The molecule has 0 saturated heterocycles. The van der Waals surface area contributed by atoms with Crippen LogP contribution in [-0.4, -0.2) is 10.0 Å². The second kappa shape index (κ2) is 5.01. The first-order chi connectivity index (χ1) is 8.58. The van der Waals surface area contributed by atoms with Gasteiger partial charge < -0.3 is 9.52 Å². The van der Waals surface area contributed by atoms with Crippen molar-refractivity contribution >= 4 is 5.69 Å². The third-order valence-electron chi connectivity index (χ3n) is 2.69. The molecule has 0 radical (unpaired) electrons. The van der Waals surface area contributed by atoms with E-state index in [9.17, 15) is 15.2 Å². The summed E-state index contributed by atoms with van der Waals surface area (Å²) >= 11 is 0. The zero-order valence-electron chi connectivity index (χ0n) is 9.87. The number of benzene rings is 1. The molecule has 2 aromatic rings. The van der Waals surface area contributed by atoms with Crippen molar-refractivity contribution in [3.63, 3.8) is 0 Å². The molecule has 1 aromatic heterocycles. The van der Waals surface area contributed by atoms with E-state index < -0.39 is 11.0 Å². The minimum atomic E-state index is -0.875. The van der Waals surface area contributed by atoms with Crippen molar-refractivity contribution in [2.75, 3.05) is 0 Å². The van der Waals surface area contributed by atoms with E-state index >= 15 is 0 Å². The van der Waals surface area contributed by atoms with Gasteiger partial charge in [-0.25, -0.2) is 0 Å². The zero-order chi connectivity index (χ0) is 13.1. The Morgan fingerprint density at radius 3 is 2.67 bits per heavy atom. The molecule has 0 fully saturated rings. The first-order valence-corrected chi connectivity index (χ1v) is 5.54. The van der Waals surface area contributed by atoms with E-state index in [1.165, 1.54) is 6.07 Å². The van der Waals surface area contributed by atoms with Gasteiger partial charge in [-0.05, 0) is 19.1 Å². The Morgan fingerprint density at radius 2 is 2.06 bits per heavy atom. The monoisotopic (exact) mass is 247 g/mol. The van der Waals surface area contributed by atoms with Crippen LogP contribution in [0, 0.1) is 17.0 Å². The number of hydrogen-bond donors (Lipinski definition) is 1. The highest BCUT2D eigenvalue weighted by Crippen LogP contribution is 2.25. The Kier molecular flexibility index (Phi) is 3.43.